The van der Waals surface area contributed by atoms with E-state index < -0.39 is 11.7 Å². The molecule has 0 amide bonds. The second kappa shape index (κ2) is 5.17. The summed E-state index contributed by atoms with van der Waals surface area (Å²) >= 11 is 0. The summed E-state index contributed by atoms with van der Waals surface area (Å²) in [5.41, 5.74) is 5.97. The molecule has 0 bridgehead atoms. The van der Waals surface area contributed by atoms with E-state index in [1.165, 1.54) is 18.3 Å². The normalized spacial score (nSPS) is 11.3. The lowest BCUT2D eigenvalue weighted by Gasteiger charge is -2.10. The van der Waals surface area contributed by atoms with E-state index in [0.29, 0.717) is 11.3 Å². The number of aromatic nitrogens is 1. The maximum absolute atomic E-state index is 12.5. The van der Waals surface area contributed by atoms with Gasteiger partial charge in [-0.1, -0.05) is 6.07 Å². The van der Waals surface area contributed by atoms with Crippen LogP contribution in [0.1, 0.15) is 11.1 Å². The van der Waals surface area contributed by atoms with E-state index in [9.17, 15) is 13.2 Å². The molecule has 0 spiro atoms. The highest BCUT2D eigenvalue weighted by molar-refractivity contribution is 5.37. The van der Waals surface area contributed by atoms with Gasteiger partial charge in [-0.25, -0.2) is 0 Å². The lowest BCUT2D eigenvalue weighted by atomic mass is 10.2. The van der Waals surface area contributed by atoms with Crippen molar-refractivity contribution in [2.24, 2.45) is 0 Å². The van der Waals surface area contributed by atoms with Crippen molar-refractivity contribution in [3.05, 3.63) is 53.9 Å². The van der Waals surface area contributed by atoms with Crippen LogP contribution in [0.2, 0.25) is 0 Å². The SMILES string of the molecule is Nc1cncc(COc2cccc(C(F)(F)F)c2)c1. The number of nitrogens with two attached hydrogens (primary N) is 1. The first-order valence-electron chi connectivity index (χ1n) is 5.44. The minimum absolute atomic E-state index is 0.110. The van der Waals surface area contributed by atoms with Crippen LogP contribution in [0.4, 0.5) is 18.9 Å². The van der Waals surface area contributed by atoms with Crippen LogP contribution in [0.15, 0.2) is 42.7 Å². The third-order valence-electron chi connectivity index (χ3n) is 2.38. The number of anilines is 1. The number of benzene rings is 1. The Balaban J connectivity index is 2.08. The molecule has 0 aliphatic heterocycles. The zero-order chi connectivity index (χ0) is 13.9. The van der Waals surface area contributed by atoms with Crippen molar-refractivity contribution in [2.45, 2.75) is 12.8 Å². The monoisotopic (exact) mass is 268 g/mol. The Kier molecular flexibility index (Phi) is 3.59. The number of nitrogen functional groups attached to an aromatic ring is 1. The number of hydrogen-bond donors (Lipinski definition) is 1. The van der Waals surface area contributed by atoms with Gasteiger partial charge < -0.3 is 10.5 Å². The van der Waals surface area contributed by atoms with Gasteiger partial charge in [0.05, 0.1) is 11.3 Å². The summed E-state index contributed by atoms with van der Waals surface area (Å²) in [6, 6.07) is 6.37. The van der Waals surface area contributed by atoms with E-state index in [0.717, 1.165) is 12.1 Å². The van der Waals surface area contributed by atoms with E-state index in [2.05, 4.69) is 4.98 Å². The Morgan fingerprint density at radius 3 is 2.63 bits per heavy atom. The van der Waals surface area contributed by atoms with Crippen molar-refractivity contribution in [3.8, 4) is 5.75 Å². The molecule has 1 heterocycles. The van der Waals surface area contributed by atoms with Crippen LogP contribution in [0.25, 0.3) is 0 Å². The maximum Gasteiger partial charge on any atom is 0.416 e. The fraction of sp³-hybridized carbons (Fsp3) is 0.154. The van der Waals surface area contributed by atoms with Gasteiger partial charge in [-0.3, -0.25) is 4.98 Å². The summed E-state index contributed by atoms with van der Waals surface area (Å²) in [5, 5.41) is 0. The molecular weight excluding hydrogens is 257 g/mol. The Morgan fingerprint density at radius 2 is 1.95 bits per heavy atom. The first kappa shape index (κ1) is 13.2. The van der Waals surface area contributed by atoms with Crippen molar-refractivity contribution >= 4 is 5.69 Å². The molecular formula is C13H11F3N2O. The predicted molar refractivity (Wildman–Crippen MR) is 64.4 cm³/mol. The Morgan fingerprint density at radius 1 is 1.16 bits per heavy atom. The third kappa shape index (κ3) is 3.61. The van der Waals surface area contributed by atoms with E-state index in [-0.39, 0.29) is 12.4 Å². The van der Waals surface area contributed by atoms with Gasteiger partial charge in [0.1, 0.15) is 12.4 Å². The van der Waals surface area contributed by atoms with Crippen LogP contribution in [-0.4, -0.2) is 4.98 Å². The Hall–Kier alpha value is -2.24. The van der Waals surface area contributed by atoms with Crippen molar-refractivity contribution in [2.75, 3.05) is 5.73 Å². The minimum Gasteiger partial charge on any atom is -0.489 e. The fourth-order valence-corrected chi connectivity index (χ4v) is 1.52. The van der Waals surface area contributed by atoms with Gasteiger partial charge >= 0.3 is 6.18 Å². The first-order chi connectivity index (χ1) is 8.95. The second-order valence-corrected chi connectivity index (χ2v) is 3.94. The van der Waals surface area contributed by atoms with Gasteiger partial charge in [-0.05, 0) is 24.3 Å². The molecule has 0 saturated carbocycles. The zero-order valence-corrected chi connectivity index (χ0v) is 9.82. The van der Waals surface area contributed by atoms with Crippen LogP contribution in [0.3, 0.4) is 0 Å². The number of alkyl halides is 3. The lowest BCUT2D eigenvalue weighted by molar-refractivity contribution is -0.137. The molecule has 0 aliphatic rings. The van der Waals surface area contributed by atoms with E-state index in [1.807, 2.05) is 0 Å². The molecule has 2 rings (SSSR count). The molecule has 0 unspecified atom stereocenters. The van der Waals surface area contributed by atoms with Crippen LogP contribution >= 0.6 is 0 Å². The molecule has 0 saturated heterocycles. The average molecular weight is 268 g/mol. The second-order valence-electron chi connectivity index (χ2n) is 3.94. The number of nitrogens with zero attached hydrogens (tertiary/aromatic N) is 1. The Labute approximate surface area is 107 Å². The predicted octanol–water partition coefficient (Wildman–Crippen LogP) is 3.26. The van der Waals surface area contributed by atoms with Crippen molar-refractivity contribution < 1.29 is 17.9 Å². The summed E-state index contributed by atoms with van der Waals surface area (Å²) < 4.78 is 42.8. The Bertz CT molecular complexity index is 570. The number of halogens is 3. The standard InChI is InChI=1S/C13H11F3N2O/c14-13(15,16)10-2-1-3-12(5-10)19-8-9-4-11(17)7-18-6-9/h1-7H,8,17H2. The van der Waals surface area contributed by atoms with Crippen molar-refractivity contribution in [1.29, 1.82) is 0 Å². The highest BCUT2D eigenvalue weighted by Gasteiger charge is 2.30. The summed E-state index contributed by atoms with van der Waals surface area (Å²) in [6.45, 7) is 0.110. The molecule has 0 fully saturated rings. The minimum atomic E-state index is -4.38. The van der Waals surface area contributed by atoms with Gasteiger partial charge in [-0.15, -0.1) is 0 Å². The van der Waals surface area contributed by atoms with Gasteiger partial charge in [-0.2, -0.15) is 13.2 Å². The van der Waals surface area contributed by atoms with Crippen molar-refractivity contribution in [1.82, 2.24) is 4.98 Å². The quantitative estimate of drug-likeness (QED) is 0.929. The smallest absolute Gasteiger partial charge is 0.416 e. The summed E-state index contributed by atoms with van der Waals surface area (Å²) in [5.74, 6) is 0.150. The number of rotatable bonds is 3. The highest BCUT2D eigenvalue weighted by atomic mass is 19.4. The van der Waals surface area contributed by atoms with E-state index in [1.54, 1.807) is 12.3 Å². The largest absolute Gasteiger partial charge is 0.489 e. The topological polar surface area (TPSA) is 48.1 Å². The molecule has 2 N–H and O–H groups in total. The van der Waals surface area contributed by atoms with Crippen LogP contribution in [-0.2, 0) is 12.8 Å². The zero-order valence-electron chi connectivity index (χ0n) is 9.82. The third-order valence-corrected chi connectivity index (χ3v) is 2.38. The number of ether oxygens (including phenoxy) is 1. The molecule has 3 nitrogen and oxygen atoms in total. The lowest BCUT2D eigenvalue weighted by Crippen LogP contribution is -2.05. The molecule has 100 valence electrons. The molecule has 0 atom stereocenters. The molecule has 1 aromatic heterocycles. The molecule has 2 aromatic rings. The van der Waals surface area contributed by atoms with Gasteiger partial charge in [0.25, 0.3) is 0 Å². The van der Waals surface area contributed by atoms with E-state index in [4.69, 9.17) is 10.5 Å². The molecule has 1 aromatic carbocycles. The summed E-state index contributed by atoms with van der Waals surface area (Å²) in [6.07, 6.45) is -1.35. The molecule has 0 radical (unpaired) electrons. The van der Waals surface area contributed by atoms with Crippen LogP contribution in [0.5, 0.6) is 5.75 Å². The summed E-state index contributed by atoms with van der Waals surface area (Å²) in [7, 11) is 0. The van der Waals surface area contributed by atoms with E-state index >= 15 is 0 Å². The molecule has 19 heavy (non-hydrogen) atoms. The summed E-state index contributed by atoms with van der Waals surface area (Å²) in [4.78, 5) is 3.87. The van der Waals surface area contributed by atoms with Gasteiger partial charge in [0.2, 0.25) is 0 Å². The fourth-order valence-electron chi connectivity index (χ4n) is 1.52. The van der Waals surface area contributed by atoms with Gasteiger partial charge in [0, 0.05) is 18.0 Å². The number of hydrogen-bond acceptors (Lipinski definition) is 3. The highest BCUT2D eigenvalue weighted by Crippen LogP contribution is 2.31. The average Bonchev–Trinajstić information content (AvgIpc) is 2.36. The first-order valence-corrected chi connectivity index (χ1v) is 5.44. The van der Waals surface area contributed by atoms with Gasteiger partial charge in [0.15, 0.2) is 0 Å². The number of pyridine rings is 1. The maximum atomic E-state index is 12.5. The van der Waals surface area contributed by atoms with Crippen molar-refractivity contribution in [3.63, 3.8) is 0 Å². The van der Waals surface area contributed by atoms with Crippen LogP contribution in [0, 0.1) is 0 Å². The molecule has 0 aliphatic carbocycles. The molecule has 6 heteroatoms. The van der Waals surface area contributed by atoms with Crippen LogP contribution < -0.4 is 10.5 Å².